The second kappa shape index (κ2) is 5.62. The summed E-state index contributed by atoms with van der Waals surface area (Å²) in [7, 11) is -3.58. The van der Waals surface area contributed by atoms with Crippen LogP contribution in [0.15, 0.2) is 35.2 Å². The molecule has 0 radical (unpaired) electrons. The van der Waals surface area contributed by atoms with Crippen LogP contribution in [-0.4, -0.2) is 38.3 Å². The Kier molecular flexibility index (Phi) is 4.45. The normalized spacial score (nSPS) is 11.1. The zero-order chi connectivity index (χ0) is 12.0. The Morgan fingerprint density at radius 3 is 2.44 bits per heavy atom. The van der Waals surface area contributed by atoms with E-state index < -0.39 is 21.5 Å². The van der Waals surface area contributed by atoms with Gasteiger partial charge in [0.15, 0.2) is 9.84 Å². The maximum Gasteiger partial charge on any atom is 0.235 e. The number of amides is 1. The number of hydrogen-bond donors (Lipinski definition) is 2. The average Bonchev–Trinajstić information content (AvgIpc) is 2.27. The van der Waals surface area contributed by atoms with Gasteiger partial charge in [0.25, 0.3) is 0 Å². The van der Waals surface area contributed by atoms with Crippen molar-refractivity contribution in [2.24, 2.45) is 0 Å². The molecule has 0 saturated carbocycles. The van der Waals surface area contributed by atoms with Gasteiger partial charge in [-0.2, -0.15) is 0 Å². The smallest absolute Gasteiger partial charge is 0.235 e. The van der Waals surface area contributed by atoms with Gasteiger partial charge < -0.3 is 10.4 Å². The maximum atomic E-state index is 11.7. The Hall–Kier alpha value is -1.40. The van der Waals surface area contributed by atoms with Gasteiger partial charge in [0.05, 0.1) is 11.5 Å². The Balaban J connectivity index is 2.70. The van der Waals surface area contributed by atoms with Gasteiger partial charge in [-0.05, 0) is 12.1 Å². The lowest BCUT2D eigenvalue weighted by Crippen LogP contribution is -2.32. The van der Waals surface area contributed by atoms with Gasteiger partial charge in [0.1, 0.15) is 5.75 Å². The van der Waals surface area contributed by atoms with Crippen molar-refractivity contribution in [2.75, 3.05) is 18.9 Å². The van der Waals surface area contributed by atoms with Gasteiger partial charge in [-0.25, -0.2) is 8.42 Å². The topological polar surface area (TPSA) is 83.5 Å². The molecule has 0 unspecified atom stereocenters. The molecule has 1 aromatic rings. The molecule has 88 valence electrons. The number of carbonyl (C=O) groups excluding carboxylic acids is 1. The van der Waals surface area contributed by atoms with Crippen molar-refractivity contribution in [2.45, 2.75) is 4.90 Å². The number of sulfone groups is 1. The standard InChI is InChI=1S/C10H13NO4S/c12-7-6-11-10(13)8-16(14,15)9-4-2-1-3-5-9/h1-5,12H,6-8H2,(H,11,13). The van der Waals surface area contributed by atoms with E-state index in [1.54, 1.807) is 18.2 Å². The molecule has 1 amide bonds. The van der Waals surface area contributed by atoms with E-state index in [1.807, 2.05) is 0 Å². The number of aliphatic hydroxyl groups excluding tert-OH is 1. The van der Waals surface area contributed by atoms with E-state index in [2.05, 4.69) is 5.32 Å². The Labute approximate surface area is 94.0 Å². The van der Waals surface area contributed by atoms with E-state index in [1.165, 1.54) is 12.1 Å². The second-order valence-corrected chi connectivity index (χ2v) is 5.14. The summed E-state index contributed by atoms with van der Waals surface area (Å²) in [6, 6.07) is 7.77. The largest absolute Gasteiger partial charge is 0.395 e. The first-order valence-electron chi connectivity index (χ1n) is 4.71. The minimum atomic E-state index is -3.58. The Morgan fingerprint density at radius 1 is 1.25 bits per heavy atom. The third-order valence-electron chi connectivity index (χ3n) is 1.86. The van der Waals surface area contributed by atoms with Gasteiger partial charge in [0, 0.05) is 6.54 Å². The minimum absolute atomic E-state index is 0.0587. The second-order valence-electron chi connectivity index (χ2n) is 3.15. The highest BCUT2D eigenvalue weighted by Crippen LogP contribution is 2.09. The summed E-state index contributed by atoms with van der Waals surface area (Å²) in [6.45, 7) is -0.153. The van der Waals surface area contributed by atoms with Crippen molar-refractivity contribution in [1.29, 1.82) is 0 Å². The fourth-order valence-electron chi connectivity index (χ4n) is 1.13. The highest BCUT2D eigenvalue weighted by molar-refractivity contribution is 7.92. The number of nitrogens with one attached hydrogen (secondary N) is 1. The van der Waals surface area contributed by atoms with Crippen LogP contribution in [0.5, 0.6) is 0 Å². The van der Waals surface area contributed by atoms with E-state index in [0.717, 1.165) is 0 Å². The zero-order valence-corrected chi connectivity index (χ0v) is 9.40. The van der Waals surface area contributed by atoms with Crippen LogP contribution < -0.4 is 5.32 Å². The fourth-order valence-corrected chi connectivity index (χ4v) is 2.32. The average molecular weight is 243 g/mol. The summed E-state index contributed by atoms with van der Waals surface area (Å²) >= 11 is 0. The highest BCUT2D eigenvalue weighted by atomic mass is 32.2. The minimum Gasteiger partial charge on any atom is -0.395 e. The lowest BCUT2D eigenvalue weighted by Gasteiger charge is -2.04. The van der Waals surface area contributed by atoms with E-state index in [0.29, 0.717) is 0 Å². The van der Waals surface area contributed by atoms with Gasteiger partial charge in [-0.3, -0.25) is 4.79 Å². The van der Waals surface area contributed by atoms with Crippen LogP contribution in [0.4, 0.5) is 0 Å². The van der Waals surface area contributed by atoms with Crippen LogP contribution in [-0.2, 0) is 14.6 Å². The van der Waals surface area contributed by atoms with E-state index in [4.69, 9.17) is 5.11 Å². The molecular formula is C10H13NO4S. The van der Waals surface area contributed by atoms with Gasteiger partial charge >= 0.3 is 0 Å². The van der Waals surface area contributed by atoms with Crippen molar-refractivity contribution < 1.29 is 18.3 Å². The molecule has 0 atom stereocenters. The van der Waals surface area contributed by atoms with Gasteiger partial charge in [0.2, 0.25) is 5.91 Å². The van der Waals surface area contributed by atoms with Crippen LogP contribution in [0.3, 0.4) is 0 Å². The third kappa shape index (κ3) is 3.63. The predicted octanol–water partition coefficient (Wildman–Crippen LogP) is -0.431. The molecule has 0 aliphatic heterocycles. The maximum absolute atomic E-state index is 11.7. The first-order valence-corrected chi connectivity index (χ1v) is 6.37. The monoisotopic (exact) mass is 243 g/mol. The SMILES string of the molecule is O=C(CS(=O)(=O)c1ccccc1)NCCO. The van der Waals surface area contributed by atoms with Crippen LogP contribution in [0.25, 0.3) is 0 Å². The molecule has 0 aliphatic carbocycles. The summed E-state index contributed by atoms with van der Waals surface area (Å²) < 4.78 is 23.4. The number of carbonyl (C=O) groups is 1. The molecule has 0 heterocycles. The number of aliphatic hydroxyl groups is 1. The van der Waals surface area contributed by atoms with Crippen LogP contribution in [0.2, 0.25) is 0 Å². The molecule has 0 saturated heterocycles. The lowest BCUT2D eigenvalue weighted by molar-refractivity contribution is -0.118. The molecule has 16 heavy (non-hydrogen) atoms. The zero-order valence-electron chi connectivity index (χ0n) is 8.59. The lowest BCUT2D eigenvalue weighted by atomic mass is 10.4. The van der Waals surface area contributed by atoms with Crippen molar-refractivity contribution >= 4 is 15.7 Å². The quantitative estimate of drug-likeness (QED) is 0.735. The van der Waals surface area contributed by atoms with Gasteiger partial charge in [-0.1, -0.05) is 18.2 Å². The molecule has 1 aromatic carbocycles. The molecule has 5 nitrogen and oxygen atoms in total. The van der Waals surface area contributed by atoms with E-state index >= 15 is 0 Å². The van der Waals surface area contributed by atoms with Crippen molar-refractivity contribution in [1.82, 2.24) is 5.32 Å². The predicted molar refractivity (Wildman–Crippen MR) is 58.6 cm³/mol. The molecule has 6 heteroatoms. The molecule has 2 N–H and O–H groups in total. The summed E-state index contributed by atoms with van der Waals surface area (Å²) in [4.78, 5) is 11.3. The number of benzene rings is 1. The fraction of sp³-hybridized carbons (Fsp3) is 0.300. The number of rotatable bonds is 5. The molecule has 0 spiro atoms. The summed E-state index contributed by atoms with van der Waals surface area (Å²) in [5.74, 6) is -1.21. The Bertz CT molecular complexity index is 441. The summed E-state index contributed by atoms with van der Waals surface area (Å²) in [5.41, 5.74) is 0. The van der Waals surface area contributed by atoms with Crippen LogP contribution in [0.1, 0.15) is 0 Å². The molecule has 0 bridgehead atoms. The molecular weight excluding hydrogens is 230 g/mol. The first-order chi connectivity index (χ1) is 7.56. The van der Waals surface area contributed by atoms with Crippen molar-refractivity contribution in [3.05, 3.63) is 30.3 Å². The summed E-state index contributed by atoms with van der Waals surface area (Å²) in [5, 5.41) is 10.8. The first kappa shape index (κ1) is 12.7. The molecule has 0 aromatic heterocycles. The molecule has 1 rings (SSSR count). The highest BCUT2D eigenvalue weighted by Gasteiger charge is 2.18. The van der Waals surface area contributed by atoms with E-state index in [9.17, 15) is 13.2 Å². The summed E-state index contributed by atoms with van der Waals surface area (Å²) in [6.07, 6.45) is 0. The van der Waals surface area contributed by atoms with E-state index in [-0.39, 0.29) is 18.0 Å². The Morgan fingerprint density at radius 2 is 1.88 bits per heavy atom. The van der Waals surface area contributed by atoms with Crippen molar-refractivity contribution in [3.8, 4) is 0 Å². The van der Waals surface area contributed by atoms with Crippen molar-refractivity contribution in [3.63, 3.8) is 0 Å². The van der Waals surface area contributed by atoms with Crippen LogP contribution in [0, 0.1) is 0 Å². The third-order valence-corrected chi connectivity index (χ3v) is 3.49. The number of hydrogen-bond acceptors (Lipinski definition) is 4. The van der Waals surface area contributed by atoms with Crippen LogP contribution >= 0.6 is 0 Å². The molecule has 0 aliphatic rings. The molecule has 0 fully saturated rings. The van der Waals surface area contributed by atoms with Gasteiger partial charge in [-0.15, -0.1) is 0 Å².